The molecule has 6 aromatic carbocycles. The molecule has 0 aromatic heterocycles. The summed E-state index contributed by atoms with van der Waals surface area (Å²) in [6.45, 7) is 9.08. The summed E-state index contributed by atoms with van der Waals surface area (Å²) < 4.78 is 7.87. The minimum atomic E-state index is 0.0805. The van der Waals surface area contributed by atoms with Gasteiger partial charge in [0.25, 0.3) is 0 Å². The Balaban J connectivity index is 1.14. The Kier molecular flexibility index (Phi) is 18.2. The van der Waals surface area contributed by atoms with E-state index in [2.05, 4.69) is 193 Å². The van der Waals surface area contributed by atoms with E-state index in [-0.39, 0.29) is 44.9 Å². The van der Waals surface area contributed by atoms with Crippen molar-refractivity contribution < 1.29 is 0 Å². The van der Waals surface area contributed by atoms with Gasteiger partial charge in [0.1, 0.15) is 0 Å². The van der Waals surface area contributed by atoms with Gasteiger partial charge in [-0.3, -0.25) is 0 Å². The molecule has 0 aliphatic carbocycles. The number of hydrogen-bond donors (Lipinski definition) is 0. The molecular weight excluding hydrogens is 998 g/mol. The van der Waals surface area contributed by atoms with Crippen molar-refractivity contribution in [1.29, 1.82) is 0 Å². The number of aliphatic imine (C=N–C) groups is 6. The fraction of sp³-hybridized carbons (Fsp3) is 0.222. The quantitative estimate of drug-likeness (QED) is 0.220. The predicted octanol–water partition coefficient (Wildman–Crippen LogP) is 3.20. The maximum atomic E-state index is 5.01. The molecule has 3 aliphatic heterocycles. The summed E-state index contributed by atoms with van der Waals surface area (Å²) in [5.74, 6) is 0. The van der Waals surface area contributed by atoms with Crippen LogP contribution in [0.2, 0.25) is 0 Å². The van der Waals surface area contributed by atoms with Gasteiger partial charge in [0, 0.05) is 0 Å². The normalized spacial score (nSPS) is 18.1. The van der Waals surface area contributed by atoms with Crippen LogP contribution >= 0.6 is 0 Å². The molecule has 65 heavy (non-hydrogen) atoms. The molecule has 9 rings (SSSR count). The molecule has 3 aliphatic rings. The second-order valence-corrected chi connectivity index (χ2v) is 22.2. The fourth-order valence-corrected chi connectivity index (χ4v) is 13.6. The average molecular weight is 1050 g/mol. The van der Waals surface area contributed by atoms with Crippen molar-refractivity contribution >= 4 is 109 Å². The van der Waals surface area contributed by atoms with Crippen LogP contribution in [0.3, 0.4) is 0 Å². The summed E-state index contributed by atoms with van der Waals surface area (Å²) in [5, 5.41) is 0. The van der Waals surface area contributed by atoms with Crippen LogP contribution < -0.4 is 26.8 Å². The van der Waals surface area contributed by atoms with Crippen molar-refractivity contribution in [3.05, 3.63) is 179 Å². The predicted molar refractivity (Wildman–Crippen MR) is 281 cm³/mol. The van der Waals surface area contributed by atoms with Crippen LogP contribution in [0.1, 0.15) is 33.4 Å². The Bertz CT molecular complexity index is 2190. The molecule has 11 heteroatoms. The SMILES string of the molecule is C1=NCCN2CCN=Cc3ccccc3[Se]c3ccccc3C=NCCN(CCN=Cc3ccccc3[Se]c3ccccc31)CCN=Cc1ccccc1[Se]c1ccccc1C=NCC2. The van der Waals surface area contributed by atoms with E-state index in [4.69, 9.17) is 30.0 Å². The van der Waals surface area contributed by atoms with Gasteiger partial charge in [0.2, 0.25) is 0 Å². The van der Waals surface area contributed by atoms with Crippen molar-refractivity contribution in [2.24, 2.45) is 30.0 Å². The van der Waals surface area contributed by atoms with Gasteiger partial charge in [0.05, 0.1) is 0 Å². The van der Waals surface area contributed by atoms with E-state index in [1.54, 1.807) is 0 Å². The van der Waals surface area contributed by atoms with E-state index in [1.807, 2.05) is 0 Å². The number of rotatable bonds is 0. The Morgan fingerprint density at radius 3 is 0.600 bits per heavy atom. The maximum absolute atomic E-state index is 5.01. The summed E-state index contributed by atoms with van der Waals surface area (Å²) in [7, 11) is 0. The van der Waals surface area contributed by atoms with Gasteiger partial charge in [-0.2, -0.15) is 0 Å². The molecule has 0 saturated heterocycles. The third-order valence-corrected chi connectivity index (χ3v) is 18.3. The zero-order valence-electron chi connectivity index (χ0n) is 36.6. The first-order chi connectivity index (χ1) is 32.2. The zero-order valence-corrected chi connectivity index (χ0v) is 41.7. The molecule has 3 heterocycles. The molecule has 328 valence electrons. The molecule has 0 saturated carbocycles. The molecule has 0 unspecified atom stereocenters. The molecule has 6 aromatic rings. The van der Waals surface area contributed by atoms with E-state index < -0.39 is 0 Å². The molecule has 0 amide bonds. The Hall–Kier alpha value is -5.18. The first-order valence-corrected chi connectivity index (χ1v) is 27.4. The van der Waals surface area contributed by atoms with Crippen LogP contribution in [0.25, 0.3) is 0 Å². The van der Waals surface area contributed by atoms with Gasteiger partial charge in [0.15, 0.2) is 0 Å². The Labute approximate surface area is 403 Å². The summed E-state index contributed by atoms with van der Waals surface area (Å²) in [6.07, 6.45) is 12.4. The molecule has 0 N–H and O–H groups in total. The summed E-state index contributed by atoms with van der Waals surface area (Å²) in [4.78, 5) is 35.0. The monoisotopic (exact) mass is 1050 g/mol. The minimum absolute atomic E-state index is 0.0805. The average Bonchev–Trinajstić information content (AvgIpc) is 3.33. The van der Waals surface area contributed by atoms with Gasteiger partial charge in [-0.05, 0) is 0 Å². The Morgan fingerprint density at radius 1 is 0.246 bits per heavy atom. The van der Waals surface area contributed by atoms with Gasteiger partial charge in [-0.25, -0.2) is 0 Å². The van der Waals surface area contributed by atoms with Crippen molar-refractivity contribution in [1.82, 2.24) is 9.80 Å². The first kappa shape index (κ1) is 46.4. The molecule has 8 nitrogen and oxygen atoms in total. The van der Waals surface area contributed by atoms with E-state index in [1.165, 1.54) is 60.2 Å². The third-order valence-electron chi connectivity index (χ3n) is 10.8. The van der Waals surface area contributed by atoms with Crippen LogP contribution in [-0.2, 0) is 0 Å². The van der Waals surface area contributed by atoms with Crippen LogP contribution in [0.4, 0.5) is 0 Å². The molecule has 0 radical (unpaired) electrons. The van der Waals surface area contributed by atoms with E-state index in [0.717, 1.165) is 39.3 Å². The topological polar surface area (TPSA) is 80.6 Å². The first-order valence-electron chi connectivity index (χ1n) is 22.3. The molecular formula is C54H54N8Se3. The number of fused-ring (bicyclic) bond motifs is 12. The van der Waals surface area contributed by atoms with E-state index >= 15 is 0 Å². The van der Waals surface area contributed by atoms with Crippen LogP contribution in [-0.4, -0.2) is 170 Å². The van der Waals surface area contributed by atoms with Gasteiger partial charge >= 0.3 is 406 Å². The summed E-state index contributed by atoms with van der Waals surface area (Å²) >= 11 is 0.242. The van der Waals surface area contributed by atoms with E-state index in [9.17, 15) is 0 Å². The fourth-order valence-electron chi connectivity index (χ4n) is 7.28. The summed E-state index contributed by atoms with van der Waals surface area (Å²) in [5.41, 5.74) is 7.04. The van der Waals surface area contributed by atoms with Crippen molar-refractivity contribution in [2.45, 2.75) is 0 Å². The van der Waals surface area contributed by atoms with Gasteiger partial charge in [-0.15, -0.1) is 0 Å². The molecule has 2 bridgehead atoms. The Morgan fingerprint density at radius 2 is 0.415 bits per heavy atom. The van der Waals surface area contributed by atoms with Gasteiger partial charge < -0.3 is 0 Å². The van der Waals surface area contributed by atoms with E-state index in [0.29, 0.717) is 39.3 Å². The molecule has 0 spiro atoms. The second-order valence-electron chi connectivity index (χ2n) is 15.4. The van der Waals surface area contributed by atoms with Crippen molar-refractivity contribution in [2.75, 3.05) is 78.5 Å². The second kappa shape index (κ2) is 25.5. The molecule has 0 fully saturated rings. The number of nitrogens with zero attached hydrogens (tertiary/aromatic N) is 8. The van der Waals surface area contributed by atoms with Crippen LogP contribution in [0.15, 0.2) is 176 Å². The zero-order chi connectivity index (χ0) is 44.1. The third kappa shape index (κ3) is 14.4. The van der Waals surface area contributed by atoms with Crippen LogP contribution in [0.5, 0.6) is 0 Å². The van der Waals surface area contributed by atoms with Gasteiger partial charge in [-0.1, -0.05) is 0 Å². The van der Waals surface area contributed by atoms with Crippen molar-refractivity contribution in [3.8, 4) is 0 Å². The molecule has 0 atom stereocenters. The van der Waals surface area contributed by atoms with Crippen molar-refractivity contribution in [3.63, 3.8) is 0 Å². The number of hydrogen-bond acceptors (Lipinski definition) is 8. The van der Waals surface area contributed by atoms with Crippen LogP contribution in [0, 0.1) is 0 Å². The number of benzene rings is 6. The standard InChI is InChI=1S/C54H54N8Se3/c1-7-19-49-43(13-1)37-55-25-31-61-32-26-57-39-45-15-3-9-21-51(45)64-53-23-11-5-17-47(53)41-59-29-35-62(34-28-56-38-44-14-2-8-20-50(44)63-49)36-30-60-42-48-18-6-12-24-54(48)65-52-22-10-4-16-46(52)40-58-27-33-61/h1-24,37-42H,25-36H2. The summed E-state index contributed by atoms with van der Waals surface area (Å²) in [6, 6.07) is 52.1.